The van der Waals surface area contributed by atoms with Gasteiger partial charge in [0.25, 0.3) is 0 Å². The summed E-state index contributed by atoms with van der Waals surface area (Å²) in [5.74, 6) is 0. The maximum Gasteiger partial charge on any atom is 0.153 e. The van der Waals surface area contributed by atoms with Crippen LogP contribution >= 0.6 is 27.5 Å². The van der Waals surface area contributed by atoms with Gasteiger partial charge in [-0.3, -0.25) is 0 Å². The van der Waals surface area contributed by atoms with Crippen molar-refractivity contribution in [2.75, 3.05) is 0 Å². The summed E-state index contributed by atoms with van der Waals surface area (Å²) >= 11 is 9.65. The lowest BCUT2D eigenvalue weighted by molar-refractivity contribution is 0.658. The number of hydrogen-bond donors (Lipinski definition) is 0. The van der Waals surface area contributed by atoms with Crippen molar-refractivity contribution < 1.29 is 0 Å². The Bertz CT molecular complexity index is 416. The highest BCUT2D eigenvalue weighted by molar-refractivity contribution is 9.10. The van der Waals surface area contributed by atoms with Crippen LogP contribution in [-0.2, 0) is 0 Å². The zero-order valence-corrected chi connectivity index (χ0v) is 9.48. The summed E-state index contributed by atoms with van der Waals surface area (Å²) in [6.07, 6.45) is 3.06. The van der Waals surface area contributed by atoms with Crippen molar-refractivity contribution >= 4 is 27.5 Å². The van der Waals surface area contributed by atoms with E-state index in [4.69, 9.17) is 11.6 Å². The lowest BCUT2D eigenvalue weighted by Gasteiger charge is -2.10. The van der Waals surface area contributed by atoms with Gasteiger partial charge in [0.1, 0.15) is 12.7 Å². The Kier molecular flexibility index (Phi) is 2.84. The number of nitrogens with zero attached hydrogens (tertiary/aromatic N) is 3. The highest BCUT2D eigenvalue weighted by atomic mass is 79.9. The molecule has 0 saturated heterocycles. The molecule has 0 aliphatic carbocycles. The van der Waals surface area contributed by atoms with E-state index in [2.05, 4.69) is 26.0 Å². The Labute approximate surface area is 94.9 Å². The highest BCUT2D eigenvalue weighted by Crippen LogP contribution is 2.28. The Morgan fingerprint density at radius 2 is 2.14 bits per heavy atom. The van der Waals surface area contributed by atoms with E-state index < -0.39 is 0 Å². The third kappa shape index (κ3) is 1.81. The predicted octanol–water partition coefficient (Wildman–Crippen LogP) is 2.83. The van der Waals surface area contributed by atoms with Crippen LogP contribution < -0.4 is 0 Å². The molecule has 0 amide bonds. The minimum Gasteiger partial charge on any atom is -0.230 e. The van der Waals surface area contributed by atoms with Crippen molar-refractivity contribution in [3.8, 4) is 0 Å². The van der Waals surface area contributed by atoms with Gasteiger partial charge in [0.05, 0.1) is 0 Å². The van der Waals surface area contributed by atoms with Gasteiger partial charge in [0.2, 0.25) is 0 Å². The molecule has 3 nitrogen and oxygen atoms in total. The minimum atomic E-state index is -0.326. The van der Waals surface area contributed by atoms with Crippen LogP contribution in [0.4, 0.5) is 0 Å². The zero-order valence-electron chi connectivity index (χ0n) is 7.14. The molecule has 0 N–H and O–H groups in total. The molecule has 5 heteroatoms. The van der Waals surface area contributed by atoms with Crippen molar-refractivity contribution in [3.63, 3.8) is 0 Å². The molecule has 1 aromatic carbocycles. The summed E-state index contributed by atoms with van der Waals surface area (Å²) < 4.78 is 2.57. The standard InChI is InChI=1S/C9H7BrClN3/c10-8-4-2-1-3-7(8)9(11)14-6-12-5-13-14/h1-6,9H. The van der Waals surface area contributed by atoms with Gasteiger partial charge in [-0.15, -0.1) is 0 Å². The van der Waals surface area contributed by atoms with E-state index in [1.54, 1.807) is 11.0 Å². The molecule has 1 unspecified atom stereocenters. The summed E-state index contributed by atoms with van der Waals surface area (Å²) in [6, 6.07) is 7.77. The number of hydrogen-bond acceptors (Lipinski definition) is 2. The van der Waals surface area contributed by atoms with Gasteiger partial charge in [-0.2, -0.15) is 5.10 Å². The number of aromatic nitrogens is 3. The van der Waals surface area contributed by atoms with Gasteiger partial charge in [0, 0.05) is 10.0 Å². The normalized spacial score (nSPS) is 12.7. The molecule has 0 saturated carbocycles. The highest BCUT2D eigenvalue weighted by Gasteiger charge is 2.12. The molecule has 2 aromatic rings. The second kappa shape index (κ2) is 4.11. The summed E-state index contributed by atoms with van der Waals surface area (Å²) in [5.41, 5.74) is 0.646. The van der Waals surface area contributed by atoms with Crippen LogP contribution in [0.15, 0.2) is 41.4 Å². The van der Waals surface area contributed by atoms with Gasteiger partial charge >= 0.3 is 0 Å². The quantitative estimate of drug-likeness (QED) is 0.787. The molecule has 14 heavy (non-hydrogen) atoms. The maximum absolute atomic E-state index is 6.21. The Balaban J connectivity index is 2.37. The van der Waals surface area contributed by atoms with Crippen LogP contribution in [0, 0.1) is 0 Å². The molecule has 0 radical (unpaired) electrons. The van der Waals surface area contributed by atoms with Crippen LogP contribution in [0.2, 0.25) is 0 Å². The van der Waals surface area contributed by atoms with E-state index in [0.29, 0.717) is 0 Å². The minimum absolute atomic E-state index is 0.326. The molecule has 0 aliphatic rings. The van der Waals surface area contributed by atoms with Gasteiger partial charge in [0.15, 0.2) is 5.50 Å². The zero-order chi connectivity index (χ0) is 9.97. The van der Waals surface area contributed by atoms with E-state index in [0.717, 1.165) is 10.0 Å². The lowest BCUT2D eigenvalue weighted by atomic mass is 10.2. The number of halogens is 2. The van der Waals surface area contributed by atoms with Crippen LogP contribution in [0.5, 0.6) is 0 Å². The first kappa shape index (κ1) is 9.68. The molecule has 0 aliphatic heterocycles. The van der Waals surface area contributed by atoms with E-state index in [1.807, 2.05) is 24.3 Å². The summed E-state index contributed by atoms with van der Waals surface area (Å²) in [7, 11) is 0. The molecule has 1 aromatic heterocycles. The van der Waals surface area contributed by atoms with Gasteiger partial charge in [-0.05, 0) is 6.07 Å². The average Bonchev–Trinajstić information content (AvgIpc) is 2.70. The van der Waals surface area contributed by atoms with Gasteiger partial charge in [-0.1, -0.05) is 45.7 Å². The Hall–Kier alpha value is -0.870. The Morgan fingerprint density at radius 1 is 1.36 bits per heavy atom. The van der Waals surface area contributed by atoms with Crippen molar-refractivity contribution in [2.24, 2.45) is 0 Å². The fourth-order valence-corrected chi connectivity index (χ4v) is 2.07. The first-order valence-corrected chi connectivity index (χ1v) is 5.24. The number of alkyl halides is 1. The average molecular weight is 273 g/mol. The third-order valence-electron chi connectivity index (χ3n) is 1.83. The summed E-state index contributed by atoms with van der Waals surface area (Å²) in [4.78, 5) is 3.85. The largest absolute Gasteiger partial charge is 0.230 e. The van der Waals surface area contributed by atoms with Crippen LogP contribution in [0.3, 0.4) is 0 Å². The van der Waals surface area contributed by atoms with E-state index in [-0.39, 0.29) is 5.50 Å². The third-order valence-corrected chi connectivity index (χ3v) is 2.99. The summed E-state index contributed by atoms with van der Waals surface area (Å²) in [6.45, 7) is 0. The van der Waals surface area contributed by atoms with Crippen LogP contribution in [0.1, 0.15) is 11.1 Å². The first-order chi connectivity index (χ1) is 6.79. The molecule has 0 spiro atoms. The SMILES string of the molecule is ClC(c1ccccc1Br)n1cncn1. The van der Waals surface area contributed by atoms with E-state index in [1.165, 1.54) is 6.33 Å². The number of rotatable bonds is 2. The van der Waals surface area contributed by atoms with Crippen LogP contribution in [0.25, 0.3) is 0 Å². The van der Waals surface area contributed by atoms with E-state index >= 15 is 0 Å². The van der Waals surface area contributed by atoms with Crippen LogP contribution in [-0.4, -0.2) is 14.8 Å². The molecule has 0 fully saturated rings. The maximum atomic E-state index is 6.21. The smallest absolute Gasteiger partial charge is 0.153 e. The van der Waals surface area contributed by atoms with Crippen molar-refractivity contribution in [1.82, 2.24) is 14.8 Å². The molecule has 1 atom stereocenters. The Morgan fingerprint density at radius 3 is 2.79 bits per heavy atom. The first-order valence-electron chi connectivity index (χ1n) is 4.01. The topological polar surface area (TPSA) is 30.7 Å². The molecule has 1 heterocycles. The van der Waals surface area contributed by atoms with Gasteiger partial charge < -0.3 is 0 Å². The predicted molar refractivity (Wildman–Crippen MR) is 58.2 cm³/mol. The number of benzene rings is 1. The molecule has 72 valence electrons. The molecule has 0 bridgehead atoms. The second-order valence-corrected chi connectivity index (χ2v) is 4.00. The molecule has 2 rings (SSSR count). The molecular weight excluding hydrogens is 265 g/mol. The van der Waals surface area contributed by atoms with Crippen molar-refractivity contribution in [2.45, 2.75) is 5.50 Å². The fourth-order valence-electron chi connectivity index (χ4n) is 1.15. The van der Waals surface area contributed by atoms with Gasteiger partial charge in [-0.25, -0.2) is 9.67 Å². The lowest BCUT2D eigenvalue weighted by Crippen LogP contribution is -2.05. The fraction of sp³-hybridized carbons (Fsp3) is 0.111. The summed E-state index contributed by atoms with van der Waals surface area (Å²) in [5, 5.41) is 3.99. The molecular formula is C9H7BrClN3. The van der Waals surface area contributed by atoms with Crippen molar-refractivity contribution in [1.29, 1.82) is 0 Å². The van der Waals surface area contributed by atoms with E-state index in [9.17, 15) is 0 Å². The van der Waals surface area contributed by atoms with Crippen molar-refractivity contribution in [3.05, 3.63) is 47.0 Å². The second-order valence-electron chi connectivity index (χ2n) is 2.73. The monoisotopic (exact) mass is 271 g/mol.